The molecule has 1 fully saturated rings. The number of halogens is 2. The molecule has 1 aromatic heterocycles. The molecule has 1 aromatic carbocycles. The van der Waals surface area contributed by atoms with Crippen LogP contribution in [0, 0.1) is 11.6 Å². The van der Waals surface area contributed by atoms with Crippen molar-refractivity contribution in [1.29, 1.82) is 0 Å². The lowest BCUT2D eigenvalue weighted by atomic mass is 9.92. The van der Waals surface area contributed by atoms with Crippen molar-refractivity contribution in [2.24, 2.45) is 5.73 Å². The number of hydrogen-bond donors (Lipinski definition) is 2. The lowest BCUT2D eigenvalue weighted by molar-refractivity contribution is -0.142. The molecule has 1 amide bonds. The standard InChI is InChI=1S/C16H17F2N3O3/c17-11-3-1-4-12(18)13(11)14-20-10(8-24-14)7-21-6-2-5-16(23,9-21)15(19)22/h1,3-4,8,23H,2,5-7,9H2,(H2,19,22). The SMILES string of the molecule is NC(=O)C1(O)CCCN(Cc2coc(-c3c(F)cccc3F)n2)C1. The first-order valence-corrected chi connectivity index (χ1v) is 7.52. The maximum absolute atomic E-state index is 13.8. The Bertz CT molecular complexity index is 745. The van der Waals surface area contributed by atoms with Crippen molar-refractivity contribution < 1.29 is 23.1 Å². The summed E-state index contributed by atoms with van der Waals surface area (Å²) in [6.45, 7) is 1.000. The molecule has 8 heteroatoms. The first kappa shape index (κ1) is 16.5. The summed E-state index contributed by atoms with van der Waals surface area (Å²) in [5.74, 6) is -2.43. The number of aromatic nitrogens is 1. The largest absolute Gasteiger partial charge is 0.444 e. The summed E-state index contributed by atoms with van der Waals surface area (Å²) < 4.78 is 32.7. The quantitative estimate of drug-likeness (QED) is 0.880. The number of primary amides is 1. The normalized spacial score (nSPS) is 21.8. The summed E-state index contributed by atoms with van der Waals surface area (Å²) in [7, 11) is 0. The highest BCUT2D eigenvalue weighted by Crippen LogP contribution is 2.27. The maximum Gasteiger partial charge on any atom is 0.250 e. The Hall–Kier alpha value is -2.32. The van der Waals surface area contributed by atoms with Crippen molar-refractivity contribution in [1.82, 2.24) is 9.88 Å². The van der Waals surface area contributed by atoms with Crippen LogP contribution >= 0.6 is 0 Å². The predicted octanol–water partition coefficient (Wildman–Crippen LogP) is 1.43. The number of amides is 1. The predicted molar refractivity (Wildman–Crippen MR) is 80.5 cm³/mol. The maximum atomic E-state index is 13.8. The fourth-order valence-corrected chi connectivity index (χ4v) is 2.88. The number of hydrogen-bond acceptors (Lipinski definition) is 5. The fourth-order valence-electron chi connectivity index (χ4n) is 2.88. The van der Waals surface area contributed by atoms with E-state index in [-0.39, 0.29) is 24.5 Å². The second-order valence-corrected chi connectivity index (χ2v) is 5.95. The molecule has 128 valence electrons. The topological polar surface area (TPSA) is 92.6 Å². The Balaban J connectivity index is 1.76. The number of rotatable bonds is 4. The summed E-state index contributed by atoms with van der Waals surface area (Å²) >= 11 is 0. The van der Waals surface area contributed by atoms with Crippen LogP contribution in [0.1, 0.15) is 18.5 Å². The monoisotopic (exact) mass is 337 g/mol. The van der Waals surface area contributed by atoms with Crippen LogP contribution in [0.25, 0.3) is 11.5 Å². The van der Waals surface area contributed by atoms with Crippen molar-refractivity contribution >= 4 is 5.91 Å². The molecule has 6 nitrogen and oxygen atoms in total. The fraction of sp³-hybridized carbons (Fsp3) is 0.375. The van der Waals surface area contributed by atoms with Crippen LogP contribution in [0.2, 0.25) is 0 Å². The van der Waals surface area contributed by atoms with Crippen LogP contribution in [-0.2, 0) is 11.3 Å². The Kier molecular flexibility index (Phi) is 4.33. The number of β-amino-alcohol motifs (C(OH)–C–C–N with tert-alkyl or cyclic N) is 1. The van der Waals surface area contributed by atoms with Gasteiger partial charge in [0.1, 0.15) is 23.5 Å². The summed E-state index contributed by atoms with van der Waals surface area (Å²) in [6.07, 6.45) is 2.22. The molecule has 0 aliphatic carbocycles. The van der Waals surface area contributed by atoms with Crippen molar-refractivity contribution in [2.75, 3.05) is 13.1 Å². The third kappa shape index (κ3) is 3.15. The molecule has 1 aliphatic rings. The highest BCUT2D eigenvalue weighted by Gasteiger charge is 2.38. The molecule has 0 radical (unpaired) electrons. The van der Waals surface area contributed by atoms with Crippen LogP contribution in [0.3, 0.4) is 0 Å². The summed E-state index contributed by atoms with van der Waals surface area (Å²) in [5.41, 5.74) is 3.79. The zero-order valence-corrected chi connectivity index (χ0v) is 12.8. The molecule has 3 N–H and O–H groups in total. The number of nitrogens with two attached hydrogens (primary N) is 1. The van der Waals surface area contributed by atoms with Gasteiger partial charge in [-0.3, -0.25) is 9.69 Å². The van der Waals surface area contributed by atoms with Gasteiger partial charge in [0.25, 0.3) is 5.91 Å². The third-order valence-electron chi connectivity index (χ3n) is 4.12. The first-order chi connectivity index (χ1) is 11.4. The summed E-state index contributed by atoms with van der Waals surface area (Å²) in [6, 6.07) is 3.51. The van der Waals surface area contributed by atoms with E-state index in [1.807, 2.05) is 0 Å². The van der Waals surface area contributed by atoms with Crippen molar-refractivity contribution in [3.8, 4) is 11.5 Å². The Labute approximate surface area is 136 Å². The summed E-state index contributed by atoms with van der Waals surface area (Å²) in [5, 5.41) is 10.2. The molecule has 0 saturated carbocycles. The molecule has 1 unspecified atom stereocenters. The van der Waals surface area contributed by atoms with Gasteiger partial charge in [-0.15, -0.1) is 0 Å². The van der Waals surface area contributed by atoms with Crippen molar-refractivity contribution in [2.45, 2.75) is 25.0 Å². The number of carbonyl (C=O) groups excluding carboxylic acids is 1. The molecule has 2 heterocycles. The number of nitrogens with zero attached hydrogens (tertiary/aromatic N) is 2. The van der Waals surface area contributed by atoms with Gasteiger partial charge >= 0.3 is 0 Å². The van der Waals surface area contributed by atoms with Crippen LogP contribution in [0.5, 0.6) is 0 Å². The summed E-state index contributed by atoms with van der Waals surface area (Å²) in [4.78, 5) is 17.3. The minimum absolute atomic E-state index is 0.0819. The van der Waals surface area contributed by atoms with E-state index in [9.17, 15) is 18.7 Å². The van der Waals surface area contributed by atoms with E-state index in [2.05, 4.69) is 4.98 Å². The second-order valence-electron chi connectivity index (χ2n) is 5.95. The molecule has 1 atom stereocenters. The van der Waals surface area contributed by atoms with E-state index < -0.39 is 23.1 Å². The Morgan fingerprint density at radius 2 is 2.12 bits per heavy atom. The van der Waals surface area contributed by atoms with Gasteiger partial charge in [-0.25, -0.2) is 13.8 Å². The molecule has 2 aromatic rings. The Morgan fingerprint density at radius 1 is 1.42 bits per heavy atom. The molecule has 24 heavy (non-hydrogen) atoms. The van der Waals surface area contributed by atoms with Crippen LogP contribution in [0.4, 0.5) is 8.78 Å². The molecule has 0 bridgehead atoms. The Morgan fingerprint density at radius 3 is 2.79 bits per heavy atom. The third-order valence-corrected chi connectivity index (χ3v) is 4.12. The second kappa shape index (κ2) is 6.29. The van der Waals surface area contributed by atoms with Crippen molar-refractivity contribution in [3.05, 3.63) is 41.8 Å². The molecule has 0 spiro atoms. The minimum Gasteiger partial charge on any atom is -0.444 e. The first-order valence-electron chi connectivity index (χ1n) is 7.52. The lowest BCUT2D eigenvalue weighted by Gasteiger charge is -2.36. The van der Waals surface area contributed by atoms with Gasteiger partial charge in [-0.05, 0) is 31.5 Å². The number of benzene rings is 1. The highest BCUT2D eigenvalue weighted by molar-refractivity contribution is 5.83. The molecular weight excluding hydrogens is 320 g/mol. The number of oxazole rings is 1. The smallest absolute Gasteiger partial charge is 0.250 e. The number of carbonyl (C=O) groups is 1. The van der Waals surface area contributed by atoms with E-state index >= 15 is 0 Å². The van der Waals surface area contributed by atoms with E-state index in [0.717, 1.165) is 12.1 Å². The average molecular weight is 337 g/mol. The van der Waals surface area contributed by atoms with E-state index in [4.69, 9.17) is 10.2 Å². The number of aliphatic hydroxyl groups is 1. The van der Waals surface area contributed by atoms with Gasteiger partial charge in [0.15, 0.2) is 5.60 Å². The van der Waals surface area contributed by atoms with Gasteiger partial charge in [0.2, 0.25) is 5.89 Å². The van der Waals surface area contributed by atoms with Gasteiger partial charge in [0.05, 0.1) is 5.69 Å². The van der Waals surface area contributed by atoms with Crippen molar-refractivity contribution in [3.63, 3.8) is 0 Å². The number of likely N-dealkylation sites (tertiary alicyclic amines) is 1. The van der Waals surface area contributed by atoms with E-state index in [1.54, 1.807) is 4.90 Å². The molecule has 3 rings (SSSR count). The van der Waals surface area contributed by atoms with Gasteiger partial charge < -0.3 is 15.3 Å². The molecule has 1 aliphatic heterocycles. The van der Waals surface area contributed by atoms with Crippen LogP contribution < -0.4 is 5.73 Å². The van der Waals surface area contributed by atoms with Crippen LogP contribution in [0.15, 0.2) is 28.9 Å². The average Bonchev–Trinajstić information content (AvgIpc) is 2.95. The number of piperidine rings is 1. The van der Waals surface area contributed by atoms with Gasteiger partial charge in [-0.1, -0.05) is 6.07 Å². The highest BCUT2D eigenvalue weighted by atomic mass is 19.1. The minimum atomic E-state index is -1.57. The lowest BCUT2D eigenvalue weighted by Crippen LogP contribution is -2.55. The van der Waals surface area contributed by atoms with Gasteiger partial charge in [-0.2, -0.15) is 0 Å². The van der Waals surface area contributed by atoms with Gasteiger partial charge in [0, 0.05) is 13.1 Å². The van der Waals surface area contributed by atoms with E-state index in [1.165, 1.54) is 12.3 Å². The van der Waals surface area contributed by atoms with Crippen LogP contribution in [-0.4, -0.2) is 39.6 Å². The zero-order chi connectivity index (χ0) is 17.3. The molecular formula is C16H17F2N3O3. The zero-order valence-electron chi connectivity index (χ0n) is 12.8. The molecule has 1 saturated heterocycles. The van der Waals surface area contributed by atoms with E-state index in [0.29, 0.717) is 25.1 Å².